The fourth-order valence-corrected chi connectivity index (χ4v) is 3.45. The fraction of sp³-hybridized carbons (Fsp3) is 0.350. The Morgan fingerprint density at radius 3 is 2.69 bits per heavy atom. The quantitative estimate of drug-likeness (QED) is 0.718. The number of aromatic nitrogens is 3. The van der Waals surface area contributed by atoms with Crippen LogP contribution in [0.1, 0.15) is 36.7 Å². The van der Waals surface area contributed by atoms with Crippen molar-refractivity contribution in [3.63, 3.8) is 0 Å². The second-order valence-corrected chi connectivity index (χ2v) is 6.77. The van der Waals surface area contributed by atoms with E-state index in [2.05, 4.69) is 33.0 Å². The summed E-state index contributed by atoms with van der Waals surface area (Å²) in [6.45, 7) is 0.522. The Morgan fingerprint density at radius 1 is 1.12 bits per heavy atom. The molecule has 6 nitrogen and oxygen atoms in total. The van der Waals surface area contributed by atoms with E-state index >= 15 is 0 Å². The van der Waals surface area contributed by atoms with Crippen LogP contribution in [-0.4, -0.2) is 27.2 Å². The average molecular weight is 349 g/mol. The number of urea groups is 1. The normalized spacial score (nSPS) is 15.4. The first-order valence-corrected chi connectivity index (χ1v) is 9.19. The summed E-state index contributed by atoms with van der Waals surface area (Å²) in [5.41, 5.74) is 2.00. The highest BCUT2D eigenvalue weighted by Gasteiger charge is 2.29. The van der Waals surface area contributed by atoms with Crippen LogP contribution in [0.15, 0.2) is 54.7 Å². The SMILES string of the molecule is O=C(NCCc1nnc2ccccn12)N[C@H](c1ccccc1)C1CCC1. The molecule has 3 aromatic rings. The monoisotopic (exact) mass is 349 g/mol. The third-order valence-electron chi connectivity index (χ3n) is 5.09. The lowest BCUT2D eigenvalue weighted by atomic mass is 9.77. The van der Waals surface area contributed by atoms with E-state index in [0.29, 0.717) is 18.9 Å². The van der Waals surface area contributed by atoms with Crippen LogP contribution in [0.3, 0.4) is 0 Å². The predicted molar refractivity (Wildman–Crippen MR) is 99.7 cm³/mol. The molecule has 1 saturated carbocycles. The maximum absolute atomic E-state index is 12.4. The Bertz CT molecular complexity index is 872. The van der Waals surface area contributed by atoms with Gasteiger partial charge in [-0.05, 0) is 36.5 Å². The largest absolute Gasteiger partial charge is 0.338 e. The summed E-state index contributed by atoms with van der Waals surface area (Å²) in [6, 6.07) is 16.0. The fourth-order valence-electron chi connectivity index (χ4n) is 3.45. The highest BCUT2D eigenvalue weighted by atomic mass is 16.2. The van der Waals surface area contributed by atoms with E-state index in [-0.39, 0.29) is 12.1 Å². The summed E-state index contributed by atoms with van der Waals surface area (Å²) in [5.74, 6) is 1.38. The van der Waals surface area contributed by atoms with E-state index in [0.717, 1.165) is 11.5 Å². The molecule has 0 saturated heterocycles. The third kappa shape index (κ3) is 3.54. The highest BCUT2D eigenvalue weighted by molar-refractivity contribution is 5.74. The van der Waals surface area contributed by atoms with Gasteiger partial charge in [0.25, 0.3) is 0 Å². The minimum absolute atomic E-state index is 0.0823. The summed E-state index contributed by atoms with van der Waals surface area (Å²) < 4.78 is 1.95. The minimum Gasteiger partial charge on any atom is -0.338 e. The smallest absolute Gasteiger partial charge is 0.315 e. The number of hydrogen-bond acceptors (Lipinski definition) is 3. The van der Waals surface area contributed by atoms with Crippen molar-refractivity contribution in [3.8, 4) is 0 Å². The maximum atomic E-state index is 12.4. The summed E-state index contributed by atoms with van der Waals surface area (Å²) in [6.07, 6.45) is 6.17. The Balaban J connectivity index is 1.34. The number of fused-ring (bicyclic) bond motifs is 1. The van der Waals surface area contributed by atoms with Gasteiger partial charge in [0.15, 0.2) is 5.65 Å². The number of hydrogen-bond donors (Lipinski definition) is 2. The average Bonchev–Trinajstić information content (AvgIpc) is 3.04. The number of nitrogens with zero attached hydrogens (tertiary/aromatic N) is 3. The molecular formula is C20H23N5O. The predicted octanol–water partition coefficient (Wildman–Crippen LogP) is 3.11. The van der Waals surface area contributed by atoms with Gasteiger partial charge in [0.2, 0.25) is 0 Å². The molecule has 1 aromatic carbocycles. The number of nitrogens with one attached hydrogen (secondary N) is 2. The number of pyridine rings is 1. The molecule has 1 atom stereocenters. The summed E-state index contributed by atoms with van der Waals surface area (Å²) in [5, 5.41) is 14.4. The van der Waals surface area contributed by atoms with Crippen molar-refractivity contribution >= 4 is 11.7 Å². The Labute approximate surface area is 152 Å². The number of carbonyl (C=O) groups is 1. The van der Waals surface area contributed by atoms with Crippen LogP contribution < -0.4 is 10.6 Å². The molecule has 4 rings (SSSR count). The van der Waals surface area contributed by atoms with Crippen LogP contribution in [0.2, 0.25) is 0 Å². The lowest BCUT2D eigenvalue weighted by Gasteiger charge is -2.34. The summed E-state index contributed by atoms with van der Waals surface area (Å²) in [7, 11) is 0. The molecular weight excluding hydrogens is 326 g/mol. The van der Waals surface area contributed by atoms with E-state index in [1.165, 1.54) is 24.8 Å². The first-order valence-electron chi connectivity index (χ1n) is 9.19. The van der Waals surface area contributed by atoms with Crippen LogP contribution in [0.5, 0.6) is 0 Å². The Hall–Kier alpha value is -2.89. The van der Waals surface area contributed by atoms with Gasteiger partial charge < -0.3 is 10.6 Å². The van der Waals surface area contributed by atoms with Crippen molar-refractivity contribution in [2.45, 2.75) is 31.7 Å². The van der Waals surface area contributed by atoms with Crippen LogP contribution >= 0.6 is 0 Å². The van der Waals surface area contributed by atoms with Crippen LogP contribution in [0.25, 0.3) is 5.65 Å². The third-order valence-corrected chi connectivity index (χ3v) is 5.09. The minimum atomic E-state index is -0.125. The zero-order valence-corrected chi connectivity index (χ0v) is 14.6. The number of carbonyl (C=O) groups excluding carboxylic acids is 1. The van der Waals surface area contributed by atoms with Crippen molar-refractivity contribution in [2.24, 2.45) is 5.92 Å². The first kappa shape index (κ1) is 16.6. The van der Waals surface area contributed by atoms with Crippen LogP contribution in [0, 0.1) is 5.92 Å². The van der Waals surface area contributed by atoms with Gasteiger partial charge in [-0.25, -0.2) is 4.79 Å². The molecule has 2 amide bonds. The Kier molecular flexibility index (Phi) is 4.82. The van der Waals surface area contributed by atoms with E-state index in [1.807, 2.05) is 47.0 Å². The second-order valence-electron chi connectivity index (χ2n) is 6.77. The van der Waals surface area contributed by atoms with Gasteiger partial charge in [0.05, 0.1) is 6.04 Å². The molecule has 0 aliphatic heterocycles. The molecule has 6 heteroatoms. The molecule has 2 aromatic heterocycles. The van der Waals surface area contributed by atoms with Gasteiger partial charge in [0.1, 0.15) is 5.82 Å². The zero-order chi connectivity index (χ0) is 17.8. The molecule has 0 bridgehead atoms. The molecule has 1 aliphatic rings. The summed E-state index contributed by atoms with van der Waals surface area (Å²) in [4.78, 5) is 12.4. The first-order chi connectivity index (χ1) is 12.8. The molecule has 2 heterocycles. The van der Waals surface area contributed by atoms with Gasteiger partial charge in [0, 0.05) is 19.2 Å². The molecule has 134 valence electrons. The standard InChI is InChI=1S/C20H23N5O/c26-20(21-13-12-18-24-23-17-11-4-5-14-25(17)18)22-19(16-9-6-10-16)15-7-2-1-3-8-15/h1-5,7-8,11,14,16,19H,6,9-10,12-13H2,(H2,21,22,26)/t19-/m1/s1. The number of rotatable bonds is 6. The van der Waals surface area contributed by atoms with Gasteiger partial charge in [-0.15, -0.1) is 10.2 Å². The molecule has 1 aliphatic carbocycles. The van der Waals surface area contributed by atoms with Crippen molar-refractivity contribution in [1.82, 2.24) is 25.2 Å². The van der Waals surface area contributed by atoms with E-state index in [1.54, 1.807) is 0 Å². The lowest BCUT2D eigenvalue weighted by Crippen LogP contribution is -2.42. The van der Waals surface area contributed by atoms with Crippen LogP contribution in [-0.2, 0) is 6.42 Å². The topological polar surface area (TPSA) is 71.3 Å². The maximum Gasteiger partial charge on any atom is 0.315 e. The van der Waals surface area contributed by atoms with E-state index < -0.39 is 0 Å². The van der Waals surface area contributed by atoms with Crippen LogP contribution in [0.4, 0.5) is 4.79 Å². The second kappa shape index (κ2) is 7.56. The van der Waals surface area contributed by atoms with Crippen molar-refractivity contribution in [1.29, 1.82) is 0 Å². The molecule has 1 fully saturated rings. The van der Waals surface area contributed by atoms with E-state index in [9.17, 15) is 4.79 Å². The van der Waals surface area contributed by atoms with E-state index in [4.69, 9.17) is 0 Å². The molecule has 0 spiro atoms. The molecule has 0 unspecified atom stereocenters. The molecule has 2 N–H and O–H groups in total. The molecule has 26 heavy (non-hydrogen) atoms. The molecule has 0 radical (unpaired) electrons. The van der Waals surface area contributed by atoms with Crippen molar-refractivity contribution < 1.29 is 4.79 Å². The summed E-state index contributed by atoms with van der Waals surface area (Å²) >= 11 is 0. The van der Waals surface area contributed by atoms with Gasteiger partial charge in [-0.2, -0.15) is 0 Å². The van der Waals surface area contributed by atoms with Gasteiger partial charge in [-0.3, -0.25) is 4.40 Å². The van der Waals surface area contributed by atoms with Crippen molar-refractivity contribution in [3.05, 3.63) is 66.1 Å². The Morgan fingerprint density at radius 2 is 1.92 bits per heavy atom. The number of benzene rings is 1. The van der Waals surface area contributed by atoms with Gasteiger partial charge in [-0.1, -0.05) is 42.8 Å². The lowest BCUT2D eigenvalue weighted by molar-refractivity contribution is 0.208. The highest BCUT2D eigenvalue weighted by Crippen LogP contribution is 2.37. The van der Waals surface area contributed by atoms with Crippen molar-refractivity contribution in [2.75, 3.05) is 6.54 Å². The van der Waals surface area contributed by atoms with Gasteiger partial charge >= 0.3 is 6.03 Å². The zero-order valence-electron chi connectivity index (χ0n) is 14.6. The number of amides is 2.